The molecular weight excluding hydrogens is 364 g/mol. The van der Waals surface area contributed by atoms with Crippen LogP contribution < -0.4 is 10.1 Å². The number of anilines is 1. The Kier molecular flexibility index (Phi) is 5.88. The summed E-state index contributed by atoms with van der Waals surface area (Å²) in [6.07, 6.45) is 4.78. The molecule has 1 saturated heterocycles. The number of nitrogens with zero attached hydrogens (tertiary/aromatic N) is 1. The molecule has 2 N–H and O–H groups in total. The quantitative estimate of drug-likeness (QED) is 0.805. The molecule has 1 aliphatic heterocycles. The largest absolute Gasteiger partial charge is 0.497 e. The van der Waals surface area contributed by atoms with Crippen LogP contribution in [0.25, 0.3) is 0 Å². The minimum atomic E-state index is -0.630. The van der Waals surface area contributed by atoms with Crippen molar-refractivity contribution in [3.63, 3.8) is 0 Å². The fourth-order valence-electron chi connectivity index (χ4n) is 5.07. The highest BCUT2D eigenvalue weighted by Gasteiger charge is 2.49. The first-order valence-corrected chi connectivity index (χ1v) is 10.5. The van der Waals surface area contributed by atoms with Crippen molar-refractivity contribution in [3.05, 3.63) is 60.2 Å². The van der Waals surface area contributed by atoms with Crippen LogP contribution in [0.1, 0.15) is 43.7 Å². The maximum Gasteiger partial charge on any atom is 0.238 e. The smallest absolute Gasteiger partial charge is 0.238 e. The second-order valence-electron chi connectivity index (χ2n) is 8.31. The second-order valence-corrected chi connectivity index (χ2v) is 8.31. The molecule has 2 fully saturated rings. The van der Waals surface area contributed by atoms with Crippen molar-refractivity contribution < 1.29 is 14.6 Å². The zero-order chi connectivity index (χ0) is 20.3. The molecule has 0 radical (unpaired) electrons. The van der Waals surface area contributed by atoms with Gasteiger partial charge in [-0.1, -0.05) is 43.2 Å². The Morgan fingerprint density at radius 1 is 1.14 bits per heavy atom. The molecule has 5 heteroatoms. The van der Waals surface area contributed by atoms with Crippen molar-refractivity contribution in [2.45, 2.75) is 43.7 Å². The van der Waals surface area contributed by atoms with Gasteiger partial charge in [-0.3, -0.25) is 9.69 Å². The number of para-hydroxylation sites is 1. The summed E-state index contributed by atoms with van der Waals surface area (Å²) in [5, 5.41) is 14.4. The van der Waals surface area contributed by atoms with Crippen molar-refractivity contribution in [2.24, 2.45) is 5.92 Å². The number of hydrogen-bond donors (Lipinski definition) is 2. The van der Waals surface area contributed by atoms with Crippen molar-refractivity contribution in [1.29, 1.82) is 0 Å². The number of hydrogen-bond acceptors (Lipinski definition) is 4. The first-order valence-electron chi connectivity index (χ1n) is 10.5. The zero-order valence-electron chi connectivity index (χ0n) is 17.0. The van der Waals surface area contributed by atoms with Gasteiger partial charge in [0.2, 0.25) is 5.91 Å². The van der Waals surface area contributed by atoms with Gasteiger partial charge >= 0.3 is 0 Å². The molecule has 3 atom stereocenters. The van der Waals surface area contributed by atoms with E-state index in [9.17, 15) is 9.90 Å². The lowest BCUT2D eigenvalue weighted by molar-refractivity contribution is -0.135. The standard InChI is InChI=1S/C24H30N2O3/c1-29-20-12-10-18(11-13-20)23-21-9-5-6-14-24(21,28)15-16-26(23)17-22(27)25-19-7-3-2-4-8-19/h2-4,7-8,10-13,21,23,28H,5-6,9,14-17H2,1H3,(H,25,27)/t21?,23-,24?/m0/s1. The van der Waals surface area contributed by atoms with Gasteiger partial charge in [-0.25, -0.2) is 0 Å². The van der Waals surface area contributed by atoms with Crippen LogP contribution >= 0.6 is 0 Å². The van der Waals surface area contributed by atoms with E-state index in [-0.39, 0.29) is 17.9 Å². The zero-order valence-corrected chi connectivity index (χ0v) is 17.0. The summed E-state index contributed by atoms with van der Waals surface area (Å²) in [6.45, 7) is 1.03. The number of likely N-dealkylation sites (tertiary alicyclic amines) is 1. The molecule has 2 aromatic carbocycles. The number of fused-ring (bicyclic) bond motifs is 1. The lowest BCUT2D eigenvalue weighted by atomic mass is 9.66. The molecule has 1 amide bonds. The summed E-state index contributed by atoms with van der Waals surface area (Å²) >= 11 is 0. The minimum absolute atomic E-state index is 0.0176. The molecule has 4 rings (SSSR count). The molecule has 1 aliphatic carbocycles. The van der Waals surface area contributed by atoms with Crippen LogP contribution in [0.15, 0.2) is 54.6 Å². The predicted octanol–water partition coefficient (Wildman–Crippen LogP) is 4.00. The average molecular weight is 395 g/mol. The summed E-state index contributed by atoms with van der Waals surface area (Å²) in [5.74, 6) is 0.940. The van der Waals surface area contributed by atoms with Gasteiger partial charge in [0.25, 0.3) is 0 Å². The molecular formula is C24H30N2O3. The van der Waals surface area contributed by atoms with E-state index >= 15 is 0 Å². The van der Waals surface area contributed by atoms with Crippen LogP contribution in [0.2, 0.25) is 0 Å². The molecule has 29 heavy (non-hydrogen) atoms. The predicted molar refractivity (Wildman–Crippen MR) is 114 cm³/mol. The Morgan fingerprint density at radius 2 is 1.90 bits per heavy atom. The topological polar surface area (TPSA) is 61.8 Å². The summed E-state index contributed by atoms with van der Waals surface area (Å²) in [4.78, 5) is 15.0. The average Bonchev–Trinajstić information content (AvgIpc) is 2.74. The van der Waals surface area contributed by atoms with E-state index in [1.807, 2.05) is 42.5 Å². The third-order valence-electron chi connectivity index (χ3n) is 6.53. The fourth-order valence-corrected chi connectivity index (χ4v) is 5.07. The molecule has 2 aromatic rings. The lowest BCUT2D eigenvalue weighted by Crippen LogP contribution is -2.56. The third-order valence-corrected chi connectivity index (χ3v) is 6.53. The van der Waals surface area contributed by atoms with Crippen molar-refractivity contribution >= 4 is 11.6 Å². The van der Waals surface area contributed by atoms with E-state index in [2.05, 4.69) is 22.3 Å². The van der Waals surface area contributed by atoms with E-state index in [0.717, 1.165) is 49.1 Å². The van der Waals surface area contributed by atoms with E-state index in [4.69, 9.17) is 4.74 Å². The van der Waals surface area contributed by atoms with Crippen LogP contribution in [0.5, 0.6) is 5.75 Å². The first kappa shape index (κ1) is 19.9. The molecule has 2 aliphatic rings. The van der Waals surface area contributed by atoms with E-state index < -0.39 is 5.60 Å². The van der Waals surface area contributed by atoms with Crippen molar-refractivity contribution in [3.8, 4) is 5.75 Å². The highest BCUT2D eigenvalue weighted by atomic mass is 16.5. The highest BCUT2D eigenvalue weighted by Crippen LogP contribution is 2.49. The summed E-state index contributed by atoms with van der Waals surface area (Å²) in [6, 6.07) is 17.7. The number of benzene rings is 2. The molecule has 1 heterocycles. The lowest BCUT2D eigenvalue weighted by Gasteiger charge is -2.52. The van der Waals surface area contributed by atoms with E-state index in [1.165, 1.54) is 0 Å². The fraction of sp³-hybridized carbons (Fsp3) is 0.458. The van der Waals surface area contributed by atoms with Gasteiger partial charge in [-0.05, 0) is 49.1 Å². The van der Waals surface area contributed by atoms with Crippen LogP contribution in [-0.4, -0.2) is 41.7 Å². The first-order chi connectivity index (χ1) is 14.1. The number of carbonyl (C=O) groups is 1. The number of piperidine rings is 1. The van der Waals surface area contributed by atoms with Gasteiger partial charge in [0, 0.05) is 24.2 Å². The van der Waals surface area contributed by atoms with E-state index in [1.54, 1.807) is 7.11 Å². The molecule has 0 aromatic heterocycles. The van der Waals surface area contributed by atoms with Crippen molar-refractivity contribution in [1.82, 2.24) is 4.90 Å². The maximum atomic E-state index is 12.8. The second kappa shape index (κ2) is 8.56. The SMILES string of the molecule is COc1ccc([C@H]2C3CCCCC3(O)CCN2CC(=O)Nc2ccccc2)cc1. The van der Waals surface area contributed by atoms with Gasteiger partial charge in [-0.15, -0.1) is 0 Å². The molecule has 154 valence electrons. The molecule has 0 spiro atoms. The number of nitrogens with one attached hydrogen (secondary N) is 1. The van der Waals surface area contributed by atoms with Gasteiger partial charge < -0.3 is 15.2 Å². The van der Waals surface area contributed by atoms with Crippen LogP contribution in [0, 0.1) is 5.92 Å². The molecule has 2 unspecified atom stereocenters. The maximum absolute atomic E-state index is 12.8. The summed E-state index contributed by atoms with van der Waals surface area (Å²) < 4.78 is 5.31. The van der Waals surface area contributed by atoms with Crippen molar-refractivity contribution in [2.75, 3.05) is 25.5 Å². The highest BCUT2D eigenvalue weighted by molar-refractivity contribution is 5.92. The number of aliphatic hydroxyl groups is 1. The Hall–Kier alpha value is -2.37. The minimum Gasteiger partial charge on any atom is -0.497 e. The van der Waals surface area contributed by atoms with Gasteiger partial charge in [0.15, 0.2) is 0 Å². The molecule has 0 bridgehead atoms. The third kappa shape index (κ3) is 4.31. The number of rotatable bonds is 5. The normalized spacial score (nSPS) is 27.1. The Bertz CT molecular complexity index is 824. The number of methoxy groups -OCH3 is 1. The molecule has 5 nitrogen and oxygen atoms in total. The number of amides is 1. The van der Waals surface area contributed by atoms with Crippen LogP contribution in [-0.2, 0) is 4.79 Å². The Labute approximate surface area is 172 Å². The van der Waals surface area contributed by atoms with E-state index in [0.29, 0.717) is 13.1 Å². The molecule has 1 saturated carbocycles. The van der Waals surface area contributed by atoms with Gasteiger partial charge in [0.05, 0.1) is 19.3 Å². The Balaban J connectivity index is 1.57. The van der Waals surface area contributed by atoms with Gasteiger partial charge in [-0.2, -0.15) is 0 Å². The summed E-state index contributed by atoms with van der Waals surface area (Å²) in [7, 11) is 1.66. The van der Waals surface area contributed by atoms with Gasteiger partial charge in [0.1, 0.15) is 5.75 Å². The number of carbonyl (C=O) groups excluding carboxylic acids is 1. The van der Waals surface area contributed by atoms with Crippen LogP contribution in [0.3, 0.4) is 0 Å². The Morgan fingerprint density at radius 3 is 2.62 bits per heavy atom. The number of ether oxygens (including phenoxy) is 1. The summed E-state index contributed by atoms with van der Waals surface area (Å²) in [5.41, 5.74) is 1.32. The van der Waals surface area contributed by atoms with Crippen LogP contribution in [0.4, 0.5) is 5.69 Å². The monoisotopic (exact) mass is 394 g/mol.